The minimum absolute atomic E-state index is 0.244. The number of sulfonamides is 1. The van der Waals surface area contributed by atoms with Crippen molar-refractivity contribution in [3.63, 3.8) is 0 Å². The van der Waals surface area contributed by atoms with Crippen molar-refractivity contribution >= 4 is 43.2 Å². The second-order valence-electron chi connectivity index (χ2n) is 3.95. The van der Waals surface area contributed by atoms with E-state index in [-0.39, 0.29) is 10.1 Å². The second-order valence-corrected chi connectivity index (χ2v) is 8.53. The highest BCUT2D eigenvalue weighted by atomic mass is 79.9. The molecule has 0 aromatic carbocycles. The van der Waals surface area contributed by atoms with Crippen molar-refractivity contribution in [2.75, 3.05) is 13.6 Å². The van der Waals surface area contributed by atoms with E-state index in [9.17, 15) is 13.2 Å². The van der Waals surface area contributed by atoms with Crippen molar-refractivity contribution in [2.24, 2.45) is 0 Å². The molecule has 1 atom stereocenters. The van der Waals surface area contributed by atoms with Crippen LogP contribution in [0.15, 0.2) is 20.1 Å². The Hall–Kier alpha value is -0.440. The summed E-state index contributed by atoms with van der Waals surface area (Å²) >= 11 is 4.41. The van der Waals surface area contributed by atoms with Crippen molar-refractivity contribution in [1.82, 2.24) is 9.62 Å². The molecule has 2 heterocycles. The molecule has 1 aromatic rings. The van der Waals surface area contributed by atoms with E-state index in [0.717, 1.165) is 15.1 Å². The molecule has 100 valence electrons. The van der Waals surface area contributed by atoms with Gasteiger partial charge < -0.3 is 5.32 Å². The zero-order chi connectivity index (χ0) is 13.3. The summed E-state index contributed by atoms with van der Waals surface area (Å²) in [4.78, 5) is 11.7. The summed E-state index contributed by atoms with van der Waals surface area (Å²) in [5, 5.41) is 2.51. The summed E-state index contributed by atoms with van der Waals surface area (Å²) in [6, 6.07) is 2.67. The molecular formula is C10H13BrN2O3S2. The van der Waals surface area contributed by atoms with Crippen LogP contribution in [0.1, 0.15) is 12.8 Å². The third-order valence-electron chi connectivity index (χ3n) is 2.86. The Morgan fingerprint density at radius 3 is 2.83 bits per heavy atom. The third kappa shape index (κ3) is 2.47. The Morgan fingerprint density at radius 2 is 2.28 bits per heavy atom. The lowest BCUT2D eigenvalue weighted by Gasteiger charge is -2.21. The Labute approximate surface area is 118 Å². The highest BCUT2D eigenvalue weighted by Gasteiger charge is 2.39. The SMILES string of the molecule is CNC(=O)C1CCCN1S(=O)(=O)c1ccc(Br)s1. The molecule has 1 aromatic heterocycles. The van der Waals surface area contributed by atoms with Crippen LogP contribution < -0.4 is 5.32 Å². The van der Waals surface area contributed by atoms with E-state index in [1.165, 1.54) is 11.4 Å². The molecule has 1 N–H and O–H groups in total. The fraction of sp³-hybridized carbons (Fsp3) is 0.500. The number of rotatable bonds is 3. The number of carbonyl (C=O) groups excluding carboxylic acids is 1. The van der Waals surface area contributed by atoms with E-state index < -0.39 is 16.1 Å². The Morgan fingerprint density at radius 1 is 1.56 bits per heavy atom. The first kappa shape index (κ1) is 14.0. The van der Waals surface area contributed by atoms with Gasteiger partial charge in [0.15, 0.2) is 0 Å². The van der Waals surface area contributed by atoms with Gasteiger partial charge in [0.1, 0.15) is 10.3 Å². The minimum atomic E-state index is -3.56. The molecule has 1 aliphatic rings. The van der Waals surface area contributed by atoms with E-state index in [4.69, 9.17) is 0 Å². The van der Waals surface area contributed by atoms with Crippen molar-refractivity contribution in [2.45, 2.75) is 23.1 Å². The number of amides is 1. The van der Waals surface area contributed by atoms with Crippen LogP contribution in [0.3, 0.4) is 0 Å². The molecule has 1 aliphatic heterocycles. The number of thiophene rings is 1. The summed E-state index contributed by atoms with van der Waals surface area (Å²) in [5.74, 6) is -0.244. The van der Waals surface area contributed by atoms with Gasteiger partial charge in [-0.1, -0.05) is 0 Å². The maximum atomic E-state index is 12.4. The topological polar surface area (TPSA) is 66.5 Å². The van der Waals surface area contributed by atoms with Gasteiger partial charge in [0.25, 0.3) is 10.0 Å². The van der Waals surface area contributed by atoms with Crippen LogP contribution in [0.4, 0.5) is 0 Å². The van der Waals surface area contributed by atoms with Gasteiger partial charge >= 0.3 is 0 Å². The largest absolute Gasteiger partial charge is 0.358 e. The van der Waals surface area contributed by atoms with E-state index in [1.807, 2.05) is 0 Å². The number of halogens is 1. The monoisotopic (exact) mass is 352 g/mol. The summed E-state index contributed by atoms with van der Waals surface area (Å²) in [7, 11) is -2.04. The van der Waals surface area contributed by atoms with Crippen molar-refractivity contribution in [3.8, 4) is 0 Å². The number of hydrogen-bond donors (Lipinski definition) is 1. The van der Waals surface area contributed by atoms with Crippen LogP contribution in [0, 0.1) is 0 Å². The lowest BCUT2D eigenvalue weighted by atomic mass is 10.2. The quantitative estimate of drug-likeness (QED) is 0.894. The van der Waals surface area contributed by atoms with Crippen LogP contribution >= 0.6 is 27.3 Å². The highest BCUT2D eigenvalue weighted by molar-refractivity contribution is 9.11. The smallest absolute Gasteiger partial charge is 0.253 e. The molecule has 0 saturated carbocycles. The molecule has 1 amide bonds. The summed E-state index contributed by atoms with van der Waals surface area (Å²) in [6.45, 7) is 0.399. The van der Waals surface area contributed by atoms with Gasteiger partial charge in [-0.2, -0.15) is 4.31 Å². The van der Waals surface area contributed by atoms with Crippen LogP contribution in [0.2, 0.25) is 0 Å². The maximum Gasteiger partial charge on any atom is 0.253 e. The van der Waals surface area contributed by atoms with Crippen LogP contribution in [-0.2, 0) is 14.8 Å². The summed E-state index contributed by atoms with van der Waals surface area (Å²) < 4.78 is 27.2. The molecule has 2 rings (SSSR count). The molecule has 1 fully saturated rings. The number of hydrogen-bond acceptors (Lipinski definition) is 4. The average molecular weight is 353 g/mol. The van der Waals surface area contributed by atoms with Gasteiger partial charge in [0.05, 0.1) is 3.79 Å². The first-order valence-electron chi connectivity index (χ1n) is 5.45. The van der Waals surface area contributed by atoms with Crippen molar-refractivity contribution in [3.05, 3.63) is 15.9 Å². The average Bonchev–Trinajstić information content (AvgIpc) is 2.96. The van der Waals surface area contributed by atoms with E-state index in [0.29, 0.717) is 19.4 Å². The minimum Gasteiger partial charge on any atom is -0.358 e. The first-order valence-corrected chi connectivity index (χ1v) is 8.50. The molecule has 0 spiro atoms. The third-order valence-corrected chi connectivity index (χ3v) is 6.86. The molecule has 0 radical (unpaired) electrons. The van der Waals surface area contributed by atoms with Crippen molar-refractivity contribution in [1.29, 1.82) is 0 Å². The van der Waals surface area contributed by atoms with Gasteiger partial charge in [0.2, 0.25) is 5.91 Å². The maximum absolute atomic E-state index is 12.4. The van der Waals surface area contributed by atoms with Crippen LogP contribution in [0.5, 0.6) is 0 Å². The predicted octanol–water partition coefficient (Wildman–Crippen LogP) is 1.41. The molecule has 1 saturated heterocycles. The Kier molecular flexibility index (Phi) is 4.10. The number of nitrogens with zero attached hydrogens (tertiary/aromatic N) is 1. The molecule has 18 heavy (non-hydrogen) atoms. The van der Waals surface area contributed by atoms with Gasteiger partial charge in [0, 0.05) is 13.6 Å². The number of likely N-dealkylation sites (N-methyl/N-ethyl adjacent to an activating group) is 1. The van der Waals surface area contributed by atoms with Crippen LogP contribution in [0.25, 0.3) is 0 Å². The van der Waals surface area contributed by atoms with E-state index in [2.05, 4.69) is 21.2 Å². The molecule has 0 bridgehead atoms. The zero-order valence-corrected chi connectivity index (χ0v) is 12.9. The standard InChI is InChI=1S/C10H13BrN2O3S2/c1-12-10(14)7-3-2-6-13(7)18(15,16)9-5-4-8(11)17-9/h4-5,7H,2-3,6H2,1H3,(H,12,14). The van der Waals surface area contributed by atoms with E-state index in [1.54, 1.807) is 12.1 Å². The summed E-state index contributed by atoms with van der Waals surface area (Å²) in [5.41, 5.74) is 0. The molecule has 8 heteroatoms. The second kappa shape index (κ2) is 5.28. The zero-order valence-electron chi connectivity index (χ0n) is 9.72. The summed E-state index contributed by atoms with van der Waals surface area (Å²) in [6.07, 6.45) is 1.29. The number of nitrogens with one attached hydrogen (secondary N) is 1. The fourth-order valence-electron chi connectivity index (χ4n) is 2.01. The predicted molar refractivity (Wildman–Crippen MR) is 73.0 cm³/mol. The van der Waals surface area contributed by atoms with E-state index >= 15 is 0 Å². The lowest BCUT2D eigenvalue weighted by Crippen LogP contribution is -2.44. The fourth-order valence-corrected chi connectivity index (χ4v) is 5.80. The Bertz CT molecular complexity index is 555. The van der Waals surface area contributed by atoms with Crippen LogP contribution in [-0.4, -0.2) is 38.3 Å². The van der Waals surface area contributed by atoms with Gasteiger partial charge in [-0.05, 0) is 40.9 Å². The normalized spacial score (nSPS) is 21.1. The number of carbonyl (C=O) groups is 1. The Balaban J connectivity index is 2.32. The van der Waals surface area contributed by atoms with Gasteiger partial charge in [-0.15, -0.1) is 11.3 Å². The van der Waals surface area contributed by atoms with Gasteiger partial charge in [-0.3, -0.25) is 4.79 Å². The lowest BCUT2D eigenvalue weighted by molar-refractivity contribution is -0.123. The van der Waals surface area contributed by atoms with Crippen molar-refractivity contribution < 1.29 is 13.2 Å². The molecule has 5 nitrogen and oxygen atoms in total. The molecular weight excluding hydrogens is 340 g/mol. The molecule has 0 aliphatic carbocycles. The highest BCUT2D eigenvalue weighted by Crippen LogP contribution is 2.32. The first-order chi connectivity index (χ1) is 8.46. The van der Waals surface area contributed by atoms with Gasteiger partial charge in [-0.25, -0.2) is 8.42 Å². The molecule has 1 unspecified atom stereocenters.